The van der Waals surface area contributed by atoms with Crippen molar-refractivity contribution in [2.75, 3.05) is 6.54 Å². The molecule has 0 aliphatic rings. The first-order valence-electron chi connectivity index (χ1n) is 7.15. The smallest absolute Gasteiger partial charge is 0.0291 e. The maximum absolute atomic E-state index is 3.52. The number of rotatable bonds is 6. The monoisotopic (exact) mass is 253 g/mol. The van der Waals surface area contributed by atoms with E-state index < -0.39 is 0 Å². The molecular formula is C18H23N. The standard InChI is InChI=1S/C18H23N/c1-3-13-19-15(2)18-11-9-17(10-12-18)14-16-7-5-4-6-8-16/h4-12,15,19H,3,13-14H2,1-2H3. The summed E-state index contributed by atoms with van der Waals surface area (Å²) in [6.45, 7) is 5.50. The molecule has 2 aromatic carbocycles. The summed E-state index contributed by atoms with van der Waals surface area (Å²) in [6, 6.07) is 20.0. The predicted octanol–water partition coefficient (Wildman–Crippen LogP) is 4.34. The highest BCUT2D eigenvalue weighted by atomic mass is 14.9. The van der Waals surface area contributed by atoms with Gasteiger partial charge >= 0.3 is 0 Å². The number of hydrogen-bond acceptors (Lipinski definition) is 1. The summed E-state index contributed by atoms with van der Waals surface area (Å²) in [6.07, 6.45) is 2.19. The molecular weight excluding hydrogens is 230 g/mol. The summed E-state index contributed by atoms with van der Waals surface area (Å²) < 4.78 is 0. The molecule has 0 fully saturated rings. The van der Waals surface area contributed by atoms with E-state index in [-0.39, 0.29) is 0 Å². The first-order chi connectivity index (χ1) is 9.29. The maximum Gasteiger partial charge on any atom is 0.0291 e. The Balaban J connectivity index is 1.98. The summed E-state index contributed by atoms with van der Waals surface area (Å²) in [7, 11) is 0. The van der Waals surface area contributed by atoms with E-state index in [1.807, 2.05) is 0 Å². The lowest BCUT2D eigenvalue weighted by atomic mass is 10.0. The van der Waals surface area contributed by atoms with Crippen LogP contribution in [0.4, 0.5) is 0 Å². The molecule has 0 aliphatic carbocycles. The second-order valence-corrected chi connectivity index (χ2v) is 5.08. The van der Waals surface area contributed by atoms with Crippen LogP contribution in [0.5, 0.6) is 0 Å². The molecule has 1 nitrogen and oxygen atoms in total. The summed E-state index contributed by atoms with van der Waals surface area (Å²) in [5.41, 5.74) is 4.11. The van der Waals surface area contributed by atoms with E-state index in [1.54, 1.807) is 0 Å². The van der Waals surface area contributed by atoms with Crippen LogP contribution >= 0.6 is 0 Å². The molecule has 0 bridgehead atoms. The van der Waals surface area contributed by atoms with Gasteiger partial charge in [0.1, 0.15) is 0 Å². The molecule has 2 rings (SSSR count). The van der Waals surface area contributed by atoms with Crippen molar-refractivity contribution in [3.8, 4) is 0 Å². The average Bonchev–Trinajstić information content (AvgIpc) is 2.46. The van der Waals surface area contributed by atoms with Crippen LogP contribution in [0.2, 0.25) is 0 Å². The van der Waals surface area contributed by atoms with Crippen molar-refractivity contribution in [3.05, 3.63) is 71.3 Å². The van der Waals surface area contributed by atoms with Gasteiger partial charge in [-0.3, -0.25) is 0 Å². The number of hydrogen-bond donors (Lipinski definition) is 1. The second kappa shape index (κ2) is 7.10. The number of nitrogens with one attached hydrogen (secondary N) is 1. The van der Waals surface area contributed by atoms with Crippen LogP contribution in [0.25, 0.3) is 0 Å². The van der Waals surface area contributed by atoms with E-state index in [2.05, 4.69) is 73.8 Å². The van der Waals surface area contributed by atoms with Gasteiger partial charge in [0.15, 0.2) is 0 Å². The Bertz CT molecular complexity index is 473. The molecule has 0 aliphatic heterocycles. The second-order valence-electron chi connectivity index (χ2n) is 5.08. The molecule has 1 unspecified atom stereocenters. The Morgan fingerprint density at radius 1 is 0.895 bits per heavy atom. The van der Waals surface area contributed by atoms with Crippen molar-refractivity contribution in [3.63, 3.8) is 0 Å². The van der Waals surface area contributed by atoms with Crippen LogP contribution in [0, 0.1) is 0 Å². The van der Waals surface area contributed by atoms with Gasteiger partial charge in [-0.15, -0.1) is 0 Å². The van der Waals surface area contributed by atoms with Gasteiger partial charge in [0.2, 0.25) is 0 Å². The molecule has 0 radical (unpaired) electrons. The highest BCUT2D eigenvalue weighted by Crippen LogP contribution is 2.15. The summed E-state index contributed by atoms with van der Waals surface area (Å²) in [5, 5.41) is 3.52. The first-order valence-corrected chi connectivity index (χ1v) is 7.15. The van der Waals surface area contributed by atoms with Crippen molar-refractivity contribution >= 4 is 0 Å². The van der Waals surface area contributed by atoms with E-state index in [1.165, 1.54) is 23.1 Å². The molecule has 1 N–H and O–H groups in total. The van der Waals surface area contributed by atoms with Crippen molar-refractivity contribution in [2.45, 2.75) is 32.7 Å². The Morgan fingerprint density at radius 2 is 1.53 bits per heavy atom. The molecule has 0 saturated carbocycles. The zero-order valence-electron chi connectivity index (χ0n) is 11.9. The molecule has 1 heteroatoms. The van der Waals surface area contributed by atoms with E-state index in [0.717, 1.165) is 13.0 Å². The lowest BCUT2D eigenvalue weighted by molar-refractivity contribution is 0.570. The van der Waals surface area contributed by atoms with Gasteiger partial charge in [0.25, 0.3) is 0 Å². The molecule has 2 aromatic rings. The average molecular weight is 253 g/mol. The number of benzene rings is 2. The van der Waals surface area contributed by atoms with Gasteiger partial charge in [0.05, 0.1) is 0 Å². The SMILES string of the molecule is CCCNC(C)c1ccc(Cc2ccccc2)cc1. The van der Waals surface area contributed by atoms with Crippen LogP contribution in [0.15, 0.2) is 54.6 Å². The summed E-state index contributed by atoms with van der Waals surface area (Å²) in [4.78, 5) is 0. The molecule has 0 aromatic heterocycles. The molecule has 100 valence electrons. The third-order valence-corrected chi connectivity index (χ3v) is 3.43. The minimum atomic E-state index is 0.436. The summed E-state index contributed by atoms with van der Waals surface area (Å²) >= 11 is 0. The van der Waals surface area contributed by atoms with Gasteiger partial charge in [0, 0.05) is 6.04 Å². The van der Waals surface area contributed by atoms with Gasteiger partial charge in [-0.2, -0.15) is 0 Å². The Labute approximate surface area is 116 Å². The van der Waals surface area contributed by atoms with Crippen molar-refractivity contribution in [1.82, 2.24) is 5.32 Å². The highest BCUT2D eigenvalue weighted by Gasteiger charge is 2.03. The maximum atomic E-state index is 3.52. The zero-order chi connectivity index (χ0) is 13.5. The van der Waals surface area contributed by atoms with Crippen LogP contribution < -0.4 is 5.32 Å². The highest BCUT2D eigenvalue weighted by molar-refractivity contribution is 5.29. The Hall–Kier alpha value is -1.60. The molecule has 1 atom stereocenters. The predicted molar refractivity (Wildman–Crippen MR) is 82.4 cm³/mol. The fourth-order valence-electron chi connectivity index (χ4n) is 2.23. The Kier molecular flexibility index (Phi) is 5.17. The minimum Gasteiger partial charge on any atom is -0.310 e. The fraction of sp³-hybridized carbons (Fsp3) is 0.333. The minimum absolute atomic E-state index is 0.436. The van der Waals surface area contributed by atoms with Crippen LogP contribution in [-0.4, -0.2) is 6.54 Å². The first kappa shape index (κ1) is 13.8. The molecule has 0 heterocycles. The molecule has 0 amide bonds. The topological polar surface area (TPSA) is 12.0 Å². The molecule has 0 saturated heterocycles. The lowest BCUT2D eigenvalue weighted by Crippen LogP contribution is -2.19. The van der Waals surface area contributed by atoms with Crippen molar-refractivity contribution in [1.29, 1.82) is 0 Å². The normalized spacial score (nSPS) is 12.3. The zero-order valence-corrected chi connectivity index (χ0v) is 11.9. The van der Waals surface area contributed by atoms with Gasteiger partial charge in [-0.1, -0.05) is 61.5 Å². The lowest BCUT2D eigenvalue weighted by Gasteiger charge is -2.14. The van der Waals surface area contributed by atoms with Gasteiger partial charge in [-0.05, 0) is 43.0 Å². The van der Waals surface area contributed by atoms with E-state index in [9.17, 15) is 0 Å². The summed E-state index contributed by atoms with van der Waals surface area (Å²) in [5.74, 6) is 0. The van der Waals surface area contributed by atoms with Crippen molar-refractivity contribution < 1.29 is 0 Å². The fourth-order valence-corrected chi connectivity index (χ4v) is 2.23. The van der Waals surface area contributed by atoms with Crippen molar-refractivity contribution in [2.24, 2.45) is 0 Å². The van der Waals surface area contributed by atoms with Gasteiger partial charge < -0.3 is 5.32 Å². The van der Waals surface area contributed by atoms with E-state index in [4.69, 9.17) is 0 Å². The van der Waals surface area contributed by atoms with Crippen LogP contribution in [-0.2, 0) is 6.42 Å². The van der Waals surface area contributed by atoms with E-state index in [0.29, 0.717) is 6.04 Å². The Morgan fingerprint density at radius 3 is 2.16 bits per heavy atom. The van der Waals surface area contributed by atoms with Crippen LogP contribution in [0.3, 0.4) is 0 Å². The van der Waals surface area contributed by atoms with Gasteiger partial charge in [-0.25, -0.2) is 0 Å². The quantitative estimate of drug-likeness (QED) is 0.807. The third kappa shape index (κ3) is 4.22. The molecule has 19 heavy (non-hydrogen) atoms. The molecule has 0 spiro atoms. The van der Waals surface area contributed by atoms with Crippen LogP contribution in [0.1, 0.15) is 43.0 Å². The van der Waals surface area contributed by atoms with E-state index >= 15 is 0 Å². The largest absolute Gasteiger partial charge is 0.310 e. The third-order valence-electron chi connectivity index (χ3n) is 3.43.